The van der Waals surface area contributed by atoms with E-state index in [-0.39, 0.29) is 5.41 Å². The minimum absolute atomic E-state index is 0.0730. The fourth-order valence-corrected chi connectivity index (χ4v) is 3.63. The Labute approximate surface area is 130 Å². The van der Waals surface area contributed by atoms with Gasteiger partial charge in [0.25, 0.3) is 0 Å². The van der Waals surface area contributed by atoms with Gasteiger partial charge in [0.05, 0.1) is 0 Å². The molecule has 2 N–H and O–H groups in total. The van der Waals surface area contributed by atoms with Gasteiger partial charge in [0, 0.05) is 45.2 Å². The van der Waals surface area contributed by atoms with Gasteiger partial charge in [-0.25, -0.2) is 0 Å². The fraction of sp³-hybridized carbons (Fsp3) is 0.941. The maximum Gasteiger partial charge on any atom is 0.223 e. The van der Waals surface area contributed by atoms with Gasteiger partial charge in [0.1, 0.15) is 0 Å². The number of rotatable bonds is 4. The molecule has 2 unspecified atom stereocenters. The average Bonchev–Trinajstić information content (AvgIpc) is 2.33. The van der Waals surface area contributed by atoms with E-state index < -0.39 is 0 Å². The Morgan fingerprint density at radius 1 is 1.14 bits per heavy atom. The molecule has 4 heteroatoms. The van der Waals surface area contributed by atoms with Gasteiger partial charge in [0.2, 0.25) is 5.91 Å². The SMILES string of the molecule is CC(C)(CC(=O)N1CCNCC1)CC1NCC1C(C)(C)C. The molecular weight excluding hydrogens is 262 g/mol. The molecule has 2 atom stereocenters. The van der Waals surface area contributed by atoms with Crippen molar-refractivity contribution in [3.63, 3.8) is 0 Å². The van der Waals surface area contributed by atoms with Crippen molar-refractivity contribution in [2.45, 2.75) is 53.5 Å². The summed E-state index contributed by atoms with van der Waals surface area (Å²) in [6.45, 7) is 16.2. The maximum absolute atomic E-state index is 12.5. The second-order valence-corrected chi connectivity index (χ2v) is 8.66. The predicted octanol–water partition coefficient (Wildman–Crippen LogP) is 1.86. The quantitative estimate of drug-likeness (QED) is 0.832. The summed E-state index contributed by atoms with van der Waals surface area (Å²) in [5.41, 5.74) is 0.429. The number of hydrogen-bond acceptors (Lipinski definition) is 3. The van der Waals surface area contributed by atoms with Crippen molar-refractivity contribution in [3.8, 4) is 0 Å². The van der Waals surface area contributed by atoms with Crippen molar-refractivity contribution >= 4 is 5.91 Å². The topological polar surface area (TPSA) is 44.4 Å². The van der Waals surface area contributed by atoms with Gasteiger partial charge in [0.15, 0.2) is 0 Å². The lowest BCUT2D eigenvalue weighted by molar-refractivity contribution is -0.134. The summed E-state index contributed by atoms with van der Waals surface area (Å²) in [6.07, 6.45) is 1.76. The minimum Gasteiger partial charge on any atom is -0.340 e. The molecule has 0 aromatic rings. The predicted molar refractivity (Wildman–Crippen MR) is 87.2 cm³/mol. The van der Waals surface area contributed by atoms with Crippen LogP contribution in [-0.4, -0.2) is 49.6 Å². The maximum atomic E-state index is 12.5. The van der Waals surface area contributed by atoms with Gasteiger partial charge < -0.3 is 15.5 Å². The third kappa shape index (κ3) is 4.43. The molecule has 2 aliphatic heterocycles. The lowest BCUT2D eigenvalue weighted by Gasteiger charge is -2.49. The summed E-state index contributed by atoms with van der Waals surface area (Å²) in [5.74, 6) is 1.05. The largest absolute Gasteiger partial charge is 0.340 e. The first-order valence-corrected chi connectivity index (χ1v) is 8.41. The van der Waals surface area contributed by atoms with Gasteiger partial charge in [-0.1, -0.05) is 34.6 Å². The third-order valence-electron chi connectivity index (χ3n) is 5.07. The molecule has 0 bridgehead atoms. The lowest BCUT2D eigenvalue weighted by atomic mass is 9.67. The molecule has 0 aromatic heterocycles. The Bertz CT molecular complexity index is 367. The summed E-state index contributed by atoms with van der Waals surface area (Å²) in [5, 5.41) is 6.88. The number of piperazine rings is 1. The Kier molecular flexibility index (Phi) is 4.99. The summed E-state index contributed by atoms with van der Waals surface area (Å²) < 4.78 is 0. The van der Waals surface area contributed by atoms with Gasteiger partial charge in [-0.15, -0.1) is 0 Å². The van der Waals surface area contributed by atoms with E-state index in [0.717, 1.165) is 45.1 Å². The molecule has 4 nitrogen and oxygen atoms in total. The zero-order valence-electron chi connectivity index (χ0n) is 14.5. The highest BCUT2D eigenvalue weighted by molar-refractivity contribution is 5.77. The second kappa shape index (κ2) is 6.25. The summed E-state index contributed by atoms with van der Waals surface area (Å²) in [4.78, 5) is 14.5. The van der Waals surface area contributed by atoms with Gasteiger partial charge in [-0.3, -0.25) is 4.79 Å². The van der Waals surface area contributed by atoms with Crippen molar-refractivity contribution in [1.29, 1.82) is 0 Å². The third-order valence-corrected chi connectivity index (χ3v) is 5.07. The van der Waals surface area contributed by atoms with Gasteiger partial charge in [-0.05, 0) is 23.2 Å². The minimum atomic E-state index is 0.0730. The molecule has 122 valence electrons. The van der Waals surface area contributed by atoms with Gasteiger partial charge in [-0.2, -0.15) is 0 Å². The van der Waals surface area contributed by atoms with E-state index in [4.69, 9.17) is 0 Å². The van der Waals surface area contributed by atoms with Crippen molar-refractivity contribution in [2.24, 2.45) is 16.7 Å². The number of hydrogen-bond donors (Lipinski definition) is 2. The number of nitrogens with zero attached hydrogens (tertiary/aromatic N) is 1. The van der Waals surface area contributed by atoms with Crippen LogP contribution in [-0.2, 0) is 4.79 Å². The van der Waals surface area contributed by atoms with E-state index >= 15 is 0 Å². The zero-order valence-corrected chi connectivity index (χ0v) is 14.5. The van der Waals surface area contributed by atoms with E-state index in [1.165, 1.54) is 0 Å². The van der Waals surface area contributed by atoms with E-state index in [0.29, 0.717) is 23.8 Å². The molecule has 2 saturated heterocycles. The zero-order chi connectivity index (χ0) is 15.7. The Morgan fingerprint density at radius 2 is 1.76 bits per heavy atom. The lowest BCUT2D eigenvalue weighted by Crippen LogP contribution is -2.59. The Balaban J connectivity index is 1.85. The van der Waals surface area contributed by atoms with Crippen LogP contribution in [0.25, 0.3) is 0 Å². The van der Waals surface area contributed by atoms with Crippen LogP contribution < -0.4 is 10.6 Å². The van der Waals surface area contributed by atoms with E-state index in [1.54, 1.807) is 0 Å². The number of carbonyl (C=O) groups excluding carboxylic acids is 1. The fourth-order valence-electron chi connectivity index (χ4n) is 3.63. The van der Waals surface area contributed by atoms with Crippen LogP contribution in [0.4, 0.5) is 0 Å². The van der Waals surface area contributed by atoms with Crippen molar-refractivity contribution in [3.05, 3.63) is 0 Å². The monoisotopic (exact) mass is 295 g/mol. The molecule has 0 aromatic carbocycles. The average molecular weight is 295 g/mol. The van der Waals surface area contributed by atoms with Crippen molar-refractivity contribution < 1.29 is 4.79 Å². The number of amides is 1. The number of carbonyl (C=O) groups is 1. The first kappa shape index (κ1) is 16.8. The van der Waals surface area contributed by atoms with Crippen LogP contribution in [0.5, 0.6) is 0 Å². The first-order chi connectivity index (χ1) is 9.69. The highest BCUT2D eigenvalue weighted by atomic mass is 16.2. The molecule has 2 heterocycles. The van der Waals surface area contributed by atoms with Crippen LogP contribution in [0, 0.1) is 16.7 Å². The molecule has 0 radical (unpaired) electrons. The molecule has 21 heavy (non-hydrogen) atoms. The summed E-state index contributed by atoms with van der Waals surface area (Å²) >= 11 is 0. The molecule has 0 saturated carbocycles. The summed E-state index contributed by atoms with van der Waals surface area (Å²) in [7, 11) is 0. The Morgan fingerprint density at radius 3 is 2.24 bits per heavy atom. The Hall–Kier alpha value is -0.610. The summed E-state index contributed by atoms with van der Waals surface area (Å²) in [6, 6.07) is 0.566. The van der Waals surface area contributed by atoms with Gasteiger partial charge >= 0.3 is 0 Å². The van der Waals surface area contributed by atoms with E-state index in [1.807, 2.05) is 4.90 Å². The molecule has 2 fully saturated rings. The van der Waals surface area contributed by atoms with Crippen molar-refractivity contribution in [2.75, 3.05) is 32.7 Å². The molecule has 0 spiro atoms. The molecule has 1 amide bonds. The molecule has 2 aliphatic rings. The van der Waals surface area contributed by atoms with Crippen LogP contribution in [0.15, 0.2) is 0 Å². The van der Waals surface area contributed by atoms with Crippen LogP contribution in [0.2, 0.25) is 0 Å². The van der Waals surface area contributed by atoms with Crippen LogP contribution in [0.3, 0.4) is 0 Å². The first-order valence-electron chi connectivity index (χ1n) is 8.41. The van der Waals surface area contributed by atoms with Crippen LogP contribution in [0.1, 0.15) is 47.5 Å². The normalized spacial score (nSPS) is 27.4. The standard InChI is InChI=1S/C17H33N3O/c1-16(2,3)13-12-19-14(13)10-17(4,5)11-15(21)20-8-6-18-7-9-20/h13-14,18-19H,6-12H2,1-5H3. The molecule has 0 aliphatic carbocycles. The van der Waals surface area contributed by atoms with Crippen LogP contribution >= 0.6 is 0 Å². The van der Waals surface area contributed by atoms with E-state index in [2.05, 4.69) is 45.3 Å². The molecule has 2 rings (SSSR count). The van der Waals surface area contributed by atoms with Crippen molar-refractivity contribution in [1.82, 2.24) is 15.5 Å². The molecular formula is C17H33N3O. The number of nitrogens with one attached hydrogen (secondary N) is 2. The highest BCUT2D eigenvalue weighted by Crippen LogP contribution is 2.39. The smallest absolute Gasteiger partial charge is 0.223 e. The highest BCUT2D eigenvalue weighted by Gasteiger charge is 2.41. The van der Waals surface area contributed by atoms with E-state index in [9.17, 15) is 4.79 Å². The second-order valence-electron chi connectivity index (χ2n) is 8.66.